The third-order valence-electron chi connectivity index (χ3n) is 6.41. The van der Waals surface area contributed by atoms with Crippen molar-refractivity contribution in [1.82, 2.24) is 0 Å². The second kappa shape index (κ2) is 9.20. The van der Waals surface area contributed by atoms with Crippen LogP contribution in [-0.2, 0) is 17.6 Å². The summed E-state index contributed by atoms with van der Waals surface area (Å²) < 4.78 is 6.20. The van der Waals surface area contributed by atoms with Gasteiger partial charge < -0.3 is 4.74 Å². The molecule has 1 aliphatic rings. The van der Waals surface area contributed by atoms with E-state index in [1.165, 1.54) is 16.7 Å². The van der Waals surface area contributed by atoms with Crippen molar-refractivity contribution in [3.05, 3.63) is 99.6 Å². The van der Waals surface area contributed by atoms with Crippen molar-refractivity contribution in [3.63, 3.8) is 0 Å². The summed E-state index contributed by atoms with van der Waals surface area (Å²) in [7, 11) is 0. The van der Waals surface area contributed by atoms with Crippen LogP contribution < -0.4 is 5.32 Å². The Kier molecular flexibility index (Phi) is 6.36. The van der Waals surface area contributed by atoms with Crippen LogP contribution in [0.1, 0.15) is 84.6 Å². The molecule has 4 rings (SSSR count). The van der Waals surface area contributed by atoms with Crippen LogP contribution in [0.25, 0.3) is 0 Å². The SMILES string of the molecule is Cc1ccc2c(c1)C(OC(=O)Nc1c(C(C)C)cccc1C(C)C)c1ccccc1CC2. The van der Waals surface area contributed by atoms with E-state index in [9.17, 15) is 4.79 Å². The van der Waals surface area contributed by atoms with Gasteiger partial charge in [0.05, 0.1) is 5.69 Å². The van der Waals surface area contributed by atoms with Crippen LogP contribution in [-0.4, -0.2) is 6.09 Å². The number of nitrogens with one attached hydrogen (secondary N) is 1. The molecule has 1 amide bonds. The van der Waals surface area contributed by atoms with Gasteiger partial charge in [-0.15, -0.1) is 0 Å². The summed E-state index contributed by atoms with van der Waals surface area (Å²) in [5, 5.41) is 3.12. The van der Waals surface area contributed by atoms with Crippen molar-refractivity contribution < 1.29 is 9.53 Å². The third kappa shape index (κ3) is 4.43. The van der Waals surface area contributed by atoms with Crippen molar-refractivity contribution in [2.45, 2.75) is 65.4 Å². The quantitative estimate of drug-likeness (QED) is 0.464. The van der Waals surface area contributed by atoms with E-state index in [1.807, 2.05) is 6.07 Å². The summed E-state index contributed by atoms with van der Waals surface area (Å²) in [6.07, 6.45) is 1.06. The summed E-state index contributed by atoms with van der Waals surface area (Å²) in [5.74, 6) is 0.594. The molecule has 0 heterocycles. The van der Waals surface area contributed by atoms with Gasteiger partial charge in [-0.05, 0) is 53.9 Å². The average molecular weight is 428 g/mol. The average Bonchev–Trinajstić information content (AvgIpc) is 2.90. The first-order valence-electron chi connectivity index (χ1n) is 11.6. The van der Waals surface area contributed by atoms with Gasteiger partial charge in [-0.3, -0.25) is 5.32 Å². The molecule has 0 spiro atoms. The van der Waals surface area contributed by atoms with Crippen LogP contribution in [0.3, 0.4) is 0 Å². The van der Waals surface area contributed by atoms with E-state index in [1.54, 1.807) is 0 Å². The maximum atomic E-state index is 13.3. The zero-order valence-electron chi connectivity index (χ0n) is 19.7. The summed E-state index contributed by atoms with van der Waals surface area (Å²) in [6.45, 7) is 10.7. The van der Waals surface area contributed by atoms with E-state index in [4.69, 9.17) is 4.74 Å². The summed E-state index contributed by atoms with van der Waals surface area (Å²) in [4.78, 5) is 13.3. The summed E-state index contributed by atoms with van der Waals surface area (Å²) in [6, 6.07) is 21.1. The standard InChI is InChI=1S/C29H33NO2/c1-18(2)23-11-8-12-24(19(3)4)27(23)30-29(31)32-28-25-10-7-6-9-21(25)15-16-22-14-13-20(5)17-26(22)28/h6-14,17-19,28H,15-16H2,1-5H3,(H,30,31). The Bertz CT molecular complexity index is 1100. The van der Waals surface area contributed by atoms with E-state index in [0.717, 1.165) is 40.8 Å². The van der Waals surface area contributed by atoms with Crippen molar-refractivity contribution in [2.75, 3.05) is 5.32 Å². The van der Waals surface area contributed by atoms with Crippen LogP contribution in [0.15, 0.2) is 60.7 Å². The number of benzene rings is 3. The van der Waals surface area contributed by atoms with Gasteiger partial charge in [-0.1, -0.05) is 93.9 Å². The highest BCUT2D eigenvalue weighted by Gasteiger charge is 2.28. The lowest BCUT2D eigenvalue weighted by Gasteiger charge is -2.24. The van der Waals surface area contributed by atoms with Crippen LogP contribution in [0.2, 0.25) is 0 Å². The number of carbonyl (C=O) groups excluding carboxylic acids is 1. The fourth-order valence-corrected chi connectivity index (χ4v) is 4.70. The number of rotatable bonds is 4. The lowest BCUT2D eigenvalue weighted by molar-refractivity contribution is 0.130. The molecule has 1 unspecified atom stereocenters. The molecule has 0 saturated heterocycles. The van der Waals surface area contributed by atoms with Crippen molar-refractivity contribution >= 4 is 11.8 Å². The fourth-order valence-electron chi connectivity index (χ4n) is 4.70. The van der Waals surface area contributed by atoms with Gasteiger partial charge in [-0.25, -0.2) is 4.79 Å². The molecule has 1 N–H and O–H groups in total. The van der Waals surface area contributed by atoms with E-state index < -0.39 is 12.2 Å². The maximum Gasteiger partial charge on any atom is 0.412 e. The highest BCUT2D eigenvalue weighted by molar-refractivity contribution is 5.87. The molecule has 0 radical (unpaired) electrons. The first-order valence-corrected chi connectivity index (χ1v) is 11.6. The first-order chi connectivity index (χ1) is 15.3. The van der Waals surface area contributed by atoms with Crippen molar-refractivity contribution in [2.24, 2.45) is 0 Å². The zero-order chi connectivity index (χ0) is 22.8. The smallest absolute Gasteiger partial charge is 0.412 e. The Hall–Kier alpha value is -3.07. The number of fused-ring (bicyclic) bond motifs is 2. The van der Waals surface area contributed by atoms with Crippen molar-refractivity contribution in [3.8, 4) is 0 Å². The highest BCUT2D eigenvalue weighted by Crippen LogP contribution is 2.37. The first kappa shape index (κ1) is 22.1. The largest absolute Gasteiger partial charge is 0.436 e. The zero-order valence-corrected chi connectivity index (χ0v) is 19.7. The summed E-state index contributed by atoms with van der Waals surface area (Å²) in [5.41, 5.74) is 8.97. The molecule has 1 aliphatic carbocycles. The fraction of sp³-hybridized carbons (Fsp3) is 0.345. The number of hydrogen-bond acceptors (Lipinski definition) is 2. The molecule has 3 nitrogen and oxygen atoms in total. The number of hydrogen-bond donors (Lipinski definition) is 1. The molecule has 3 heteroatoms. The molecule has 0 saturated carbocycles. The number of ether oxygens (including phenoxy) is 1. The topological polar surface area (TPSA) is 38.3 Å². The molecule has 0 bridgehead atoms. The van der Waals surface area contributed by atoms with Crippen LogP contribution >= 0.6 is 0 Å². The number of amides is 1. The third-order valence-corrected chi connectivity index (χ3v) is 6.41. The predicted molar refractivity (Wildman–Crippen MR) is 132 cm³/mol. The molecular formula is C29H33NO2. The number of carbonyl (C=O) groups is 1. The molecule has 1 atom stereocenters. The Morgan fingerprint density at radius 3 is 2.12 bits per heavy atom. The second-order valence-electron chi connectivity index (χ2n) is 9.43. The molecular weight excluding hydrogens is 394 g/mol. The van der Waals surface area contributed by atoms with Crippen LogP contribution in [0.4, 0.5) is 10.5 Å². The van der Waals surface area contributed by atoms with E-state index >= 15 is 0 Å². The Morgan fingerprint density at radius 2 is 1.47 bits per heavy atom. The van der Waals surface area contributed by atoms with Gasteiger partial charge in [0.2, 0.25) is 0 Å². The predicted octanol–water partition coefficient (Wildman–Crippen LogP) is 7.68. The number of anilines is 1. The molecule has 0 aromatic heterocycles. The molecule has 3 aromatic carbocycles. The highest BCUT2D eigenvalue weighted by atomic mass is 16.6. The van der Waals surface area contributed by atoms with Gasteiger partial charge >= 0.3 is 6.09 Å². The minimum atomic E-state index is -0.419. The van der Waals surface area contributed by atoms with Crippen LogP contribution in [0, 0.1) is 6.92 Å². The lowest BCUT2D eigenvalue weighted by atomic mass is 9.93. The second-order valence-corrected chi connectivity index (χ2v) is 9.43. The molecule has 166 valence electrons. The number of aryl methyl sites for hydroxylation is 3. The van der Waals surface area contributed by atoms with Gasteiger partial charge in [0.1, 0.15) is 0 Å². The van der Waals surface area contributed by atoms with Gasteiger partial charge in [0.15, 0.2) is 6.10 Å². The van der Waals surface area contributed by atoms with E-state index in [0.29, 0.717) is 11.8 Å². The van der Waals surface area contributed by atoms with Gasteiger partial charge in [0.25, 0.3) is 0 Å². The number of para-hydroxylation sites is 1. The van der Waals surface area contributed by atoms with E-state index in [2.05, 4.69) is 94.5 Å². The Labute approximate surface area is 191 Å². The Balaban J connectivity index is 1.71. The monoisotopic (exact) mass is 427 g/mol. The lowest BCUT2D eigenvalue weighted by Crippen LogP contribution is -2.21. The van der Waals surface area contributed by atoms with Crippen LogP contribution in [0.5, 0.6) is 0 Å². The maximum absolute atomic E-state index is 13.3. The van der Waals surface area contributed by atoms with Crippen molar-refractivity contribution in [1.29, 1.82) is 0 Å². The van der Waals surface area contributed by atoms with Gasteiger partial charge in [0, 0.05) is 11.1 Å². The normalized spacial score (nSPS) is 15.2. The van der Waals surface area contributed by atoms with E-state index in [-0.39, 0.29) is 0 Å². The molecule has 3 aromatic rings. The molecule has 0 fully saturated rings. The summed E-state index contributed by atoms with van der Waals surface area (Å²) >= 11 is 0. The molecule has 32 heavy (non-hydrogen) atoms. The Morgan fingerprint density at radius 1 is 0.844 bits per heavy atom. The minimum absolute atomic E-state index is 0.297. The minimum Gasteiger partial charge on any atom is -0.436 e. The molecule has 0 aliphatic heterocycles. The van der Waals surface area contributed by atoms with Gasteiger partial charge in [-0.2, -0.15) is 0 Å².